The van der Waals surface area contributed by atoms with Crippen molar-refractivity contribution in [3.8, 4) is 17.1 Å². The van der Waals surface area contributed by atoms with Crippen LogP contribution in [0.15, 0.2) is 34.7 Å². The van der Waals surface area contributed by atoms with Gasteiger partial charge in [-0.2, -0.15) is 0 Å². The van der Waals surface area contributed by atoms with Gasteiger partial charge in [-0.05, 0) is 49.7 Å². The summed E-state index contributed by atoms with van der Waals surface area (Å²) in [6.45, 7) is 4.15. The number of ether oxygens (including phenoxy) is 1. The van der Waals surface area contributed by atoms with Crippen LogP contribution in [0.3, 0.4) is 0 Å². The summed E-state index contributed by atoms with van der Waals surface area (Å²) in [6.07, 6.45) is 1.60. The zero-order valence-corrected chi connectivity index (χ0v) is 10.4. The highest BCUT2D eigenvalue weighted by Crippen LogP contribution is 2.37. The van der Waals surface area contributed by atoms with Gasteiger partial charge in [-0.15, -0.1) is 0 Å². The van der Waals surface area contributed by atoms with E-state index in [0.29, 0.717) is 17.8 Å². The molecule has 1 aliphatic heterocycles. The van der Waals surface area contributed by atoms with Crippen LogP contribution in [-0.4, -0.2) is 11.9 Å². The Morgan fingerprint density at radius 1 is 1.22 bits per heavy atom. The molecule has 2 aromatic rings. The Kier molecular flexibility index (Phi) is 2.30. The van der Waals surface area contributed by atoms with Crippen LogP contribution in [-0.2, 0) is 6.42 Å². The summed E-state index contributed by atoms with van der Waals surface area (Å²) in [5.41, 5.74) is 2.02. The van der Waals surface area contributed by atoms with Crippen molar-refractivity contribution < 1.29 is 13.9 Å². The van der Waals surface area contributed by atoms with E-state index in [-0.39, 0.29) is 5.60 Å². The summed E-state index contributed by atoms with van der Waals surface area (Å²) in [6, 6.07) is 9.47. The van der Waals surface area contributed by atoms with E-state index in [1.54, 1.807) is 6.07 Å². The highest BCUT2D eigenvalue weighted by molar-refractivity contribution is 5.73. The molecule has 2 heterocycles. The number of hydrogen-bond donors (Lipinski definition) is 0. The summed E-state index contributed by atoms with van der Waals surface area (Å²) in [7, 11) is 0. The summed E-state index contributed by atoms with van der Waals surface area (Å²) >= 11 is 0. The lowest BCUT2D eigenvalue weighted by molar-refractivity contribution is 0.110. The Morgan fingerprint density at radius 2 is 2.06 bits per heavy atom. The van der Waals surface area contributed by atoms with Crippen LogP contribution in [0.2, 0.25) is 0 Å². The van der Waals surface area contributed by atoms with Crippen LogP contribution in [0.4, 0.5) is 0 Å². The highest BCUT2D eigenvalue weighted by atomic mass is 16.5. The van der Waals surface area contributed by atoms with Crippen LogP contribution in [0, 0.1) is 0 Å². The van der Waals surface area contributed by atoms with Gasteiger partial charge in [0, 0.05) is 12.0 Å². The molecule has 3 nitrogen and oxygen atoms in total. The molecule has 3 heteroatoms. The van der Waals surface area contributed by atoms with E-state index < -0.39 is 0 Å². The van der Waals surface area contributed by atoms with E-state index in [9.17, 15) is 4.79 Å². The van der Waals surface area contributed by atoms with E-state index in [0.717, 1.165) is 17.7 Å². The molecule has 0 amide bonds. The molecule has 0 fully saturated rings. The van der Waals surface area contributed by atoms with Crippen LogP contribution in [0.1, 0.15) is 30.0 Å². The zero-order chi connectivity index (χ0) is 12.8. The third-order valence-corrected chi connectivity index (χ3v) is 3.09. The normalized spacial score (nSPS) is 16.1. The first kappa shape index (κ1) is 11.1. The summed E-state index contributed by atoms with van der Waals surface area (Å²) < 4.78 is 11.2. The van der Waals surface area contributed by atoms with Gasteiger partial charge in [0.05, 0.1) is 0 Å². The minimum absolute atomic E-state index is 0.141. The maximum Gasteiger partial charge on any atom is 0.185 e. The Morgan fingerprint density at radius 3 is 2.78 bits per heavy atom. The van der Waals surface area contributed by atoms with Crippen LogP contribution < -0.4 is 4.74 Å². The lowest BCUT2D eigenvalue weighted by Gasteiger charge is -2.16. The molecular formula is C15H14O3. The van der Waals surface area contributed by atoms with Crippen molar-refractivity contribution in [1.82, 2.24) is 0 Å². The molecule has 0 radical (unpaired) electrons. The van der Waals surface area contributed by atoms with Crippen LogP contribution >= 0.6 is 0 Å². The van der Waals surface area contributed by atoms with Crippen LogP contribution in [0.25, 0.3) is 11.3 Å². The SMILES string of the molecule is CC1(C)Cc2cc(-c3ccc(C=O)o3)ccc2O1. The van der Waals surface area contributed by atoms with Crippen molar-refractivity contribution in [3.63, 3.8) is 0 Å². The first-order chi connectivity index (χ1) is 8.57. The topological polar surface area (TPSA) is 39.4 Å². The van der Waals surface area contributed by atoms with Crippen LogP contribution in [0.5, 0.6) is 5.75 Å². The van der Waals surface area contributed by atoms with Gasteiger partial charge in [-0.25, -0.2) is 0 Å². The van der Waals surface area contributed by atoms with Gasteiger partial charge in [-0.3, -0.25) is 4.79 Å². The molecular weight excluding hydrogens is 228 g/mol. The number of rotatable bonds is 2. The molecule has 92 valence electrons. The molecule has 1 aromatic heterocycles. The molecule has 0 N–H and O–H groups in total. The molecule has 3 rings (SSSR count). The molecule has 0 bridgehead atoms. The van der Waals surface area contributed by atoms with Gasteiger partial charge >= 0.3 is 0 Å². The molecule has 18 heavy (non-hydrogen) atoms. The Bertz CT molecular complexity index is 608. The van der Waals surface area contributed by atoms with E-state index in [2.05, 4.69) is 19.9 Å². The van der Waals surface area contributed by atoms with Crippen molar-refractivity contribution in [2.24, 2.45) is 0 Å². The van der Waals surface area contributed by atoms with E-state index in [4.69, 9.17) is 9.15 Å². The fourth-order valence-electron chi connectivity index (χ4n) is 2.33. The van der Waals surface area contributed by atoms with Gasteiger partial charge in [-0.1, -0.05) is 0 Å². The minimum atomic E-state index is -0.141. The molecule has 1 aliphatic rings. The largest absolute Gasteiger partial charge is 0.487 e. The second-order valence-electron chi connectivity index (χ2n) is 5.18. The smallest absolute Gasteiger partial charge is 0.185 e. The highest BCUT2D eigenvalue weighted by Gasteiger charge is 2.30. The summed E-state index contributed by atoms with van der Waals surface area (Å²) in [5, 5.41) is 0. The molecule has 1 aromatic carbocycles. The maximum absolute atomic E-state index is 10.6. The molecule has 0 atom stereocenters. The number of carbonyl (C=O) groups is 1. The summed E-state index contributed by atoms with van der Waals surface area (Å²) in [4.78, 5) is 10.6. The Balaban J connectivity index is 1.99. The van der Waals surface area contributed by atoms with E-state index >= 15 is 0 Å². The Labute approximate surface area is 105 Å². The molecule has 0 aliphatic carbocycles. The van der Waals surface area contributed by atoms with E-state index in [1.807, 2.05) is 18.2 Å². The van der Waals surface area contributed by atoms with Gasteiger partial charge in [0.2, 0.25) is 0 Å². The third-order valence-electron chi connectivity index (χ3n) is 3.09. The fourth-order valence-corrected chi connectivity index (χ4v) is 2.33. The first-order valence-corrected chi connectivity index (χ1v) is 5.95. The summed E-state index contributed by atoms with van der Waals surface area (Å²) in [5.74, 6) is 2.00. The quantitative estimate of drug-likeness (QED) is 0.757. The molecule has 0 spiro atoms. The number of fused-ring (bicyclic) bond motifs is 1. The minimum Gasteiger partial charge on any atom is -0.487 e. The number of benzene rings is 1. The van der Waals surface area contributed by atoms with Crippen molar-refractivity contribution in [2.45, 2.75) is 25.9 Å². The number of aldehydes is 1. The predicted octanol–water partition coefficient (Wildman–Crippen LogP) is 3.47. The number of carbonyl (C=O) groups excluding carboxylic acids is 1. The third kappa shape index (κ3) is 1.82. The predicted molar refractivity (Wildman–Crippen MR) is 67.9 cm³/mol. The van der Waals surface area contributed by atoms with Crippen molar-refractivity contribution in [2.75, 3.05) is 0 Å². The van der Waals surface area contributed by atoms with Gasteiger partial charge in [0.25, 0.3) is 0 Å². The van der Waals surface area contributed by atoms with E-state index in [1.165, 1.54) is 5.56 Å². The molecule has 0 saturated carbocycles. The fraction of sp³-hybridized carbons (Fsp3) is 0.267. The van der Waals surface area contributed by atoms with Gasteiger partial charge < -0.3 is 9.15 Å². The average Bonchev–Trinajstić information content (AvgIpc) is 2.89. The van der Waals surface area contributed by atoms with Crippen molar-refractivity contribution in [3.05, 3.63) is 41.7 Å². The second kappa shape index (κ2) is 3.73. The Hall–Kier alpha value is -2.03. The second-order valence-corrected chi connectivity index (χ2v) is 5.18. The first-order valence-electron chi connectivity index (χ1n) is 5.95. The van der Waals surface area contributed by atoms with Crippen molar-refractivity contribution >= 4 is 6.29 Å². The molecule has 0 saturated heterocycles. The number of furan rings is 1. The molecule has 0 unspecified atom stereocenters. The van der Waals surface area contributed by atoms with Gasteiger partial charge in [0.1, 0.15) is 17.1 Å². The zero-order valence-electron chi connectivity index (χ0n) is 10.4. The maximum atomic E-state index is 10.6. The van der Waals surface area contributed by atoms with Crippen molar-refractivity contribution in [1.29, 1.82) is 0 Å². The lowest BCUT2D eigenvalue weighted by atomic mass is 10.00. The average molecular weight is 242 g/mol. The lowest BCUT2D eigenvalue weighted by Crippen LogP contribution is -2.24. The number of hydrogen-bond acceptors (Lipinski definition) is 3. The van der Waals surface area contributed by atoms with Gasteiger partial charge in [0.15, 0.2) is 12.0 Å². The standard InChI is InChI=1S/C15H14O3/c1-15(2)8-11-7-10(3-5-14(11)18-15)13-6-4-12(9-16)17-13/h3-7,9H,8H2,1-2H3. The monoisotopic (exact) mass is 242 g/mol.